The maximum absolute atomic E-state index is 4.81. The third-order valence-corrected chi connectivity index (χ3v) is 4.89. The largest absolute Gasteiger partial charge is 0.330 e. The van der Waals surface area contributed by atoms with E-state index in [4.69, 9.17) is 4.98 Å². The Hall–Kier alpha value is -2.14. The second kappa shape index (κ2) is 5.81. The maximum atomic E-state index is 4.81. The van der Waals surface area contributed by atoms with Crippen molar-refractivity contribution in [2.75, 3.05) is 13.1 Å². The smallest absolute Gasteiger partial charge is 0.123 e. The highest BCUT2D eigenvalue weighted by atomic mass is 15.2. The van der Waals surface area contributed by atoms with Gasteiger partial charge in [-0.05, 0) is 44.5 Å². The molecule has 0 aliphatic carbocycles. The molecule has 3 heterocycles. The minimum atomic E-state index is 0.531. The molecule has 2 aromatic heterocycles. The summed E-state index contributed by atoms with van der Waals surface area (Å²) in [6.45, 7) is 5.18. The molecule has 1 aliphatic rings. The van der Waals surface area contributed by atoms with Gasteiger partial charge in [-0.2, -0.15) is 5.10 Å². The van der Waals surface area contributed by atoms with E-state index >= 15 is 0 Å². The molecule has 3 aromatic rings. The number of nitrogens with zero attached hydrogens (tertiary/aromatic N) is 4. The van der Waals surface area contributed by atoms with Gasteiger partial charge in [0.2, 0.25) is 0 Å². The molecule has 4 rings (SSSR count). The number of fused-ring (bicyclic) bond motifs is 1. The van der Waals surface area contributed by atoms with E-state index in [1.54, 1.807) is 0 Å². The number of nitrogens with one attached hydrogen (secondary N) is 1. The van der Waals surface area contributed by atoms with Crippen molar-refractivity contribution < 1.29 is 0 Å². The van der Waals surface area contributed by atoms with Crippen LogP contribution in [0.3, 0.4) is 0 Å². The first-order valence-electron chi connectivity index (χ1n) is 8.35. The number of likely N-dealkylation sites (tertiary alicyclic amines) is 1. The fourth-order valence-electron chi connectivity index (χ4n) is 3.63. The highest BCUT2D eigenvalue weighted by Gasteiger charge is 2.24. The molecule has 0 spiro atoms. The molecule has 1 saturated heterocycles. The predicted octanol–water partition coefficient (Wildman–Crippen LogP) is 2.98. The lowest BCUT2D eigenvalue weighted by atomic mass is 9.94. The molecule has 0 saturated carbocycles. The van der Waals surface area contributed by atoms with Crippen LogP contribution in [0.25, 0.3) is 11.0 Å². The Kier molecular flexibility index (Phi) is 3.65. The van der Waals surface area contributed by atoms with E-state index in [1.807, 2.05) is 0 Å². The van der Waals surface area contributed by atoms with Crippen molar-refractivity contribution in [3.05, 3.63) is 47.5 Å². The first kappa shape index (κ1) is 14.5. The Morgan fingerprint density at radius 2 is 2.17 bits per heavy atom. The second-order valence-corrected chi connectivity index (χ2v) is 6.63. The molecule has 0 radical (unpaired) electrons. The van der Waals surface area contributed by atoms with Crippen molar-refractivity contribution in [2.45, 2.75) is 32.2 Å². The summed E-state index contributed by atoms with van der Waals surface area (Å²) >= 11 is 0. The lowest BCUT2D eigenvalue weighted by Gasteiger charge is -2.31. The fraction of sp³-hybridized carbons (Fsp3) is 0.444. The van der Waals surface area contributed by atoms with E-state index in [-0.39, 0.29) is 0 Å². The molecule has 1 aliphatic heterocycles. The molecular weight excluding hydrogens is 286 g/mol. The lowest BCUT2D eigenvalue weighted by Crippen LogP contribution is -2.34. The van der Waals surface area contributed by atoms with Crippen molar-refractivity contribution in [3.63, 3.8) is 0 Å². The van der Waals surface area contributed by atoms with Crippen LogP contribution in [0.5, 0.6) is 0 Å². The summed E-state index contributed by atoms with van der Waals surface area (Å²) < 4.78 is 2.22. The van der Waals surface area contributed by atoms with Gasteiger partial charge in [0.1, 0.15) is 5.82 Å². The molecule has 1 aromatic carbocycles. The first-order chi connectivity index (χ1) is 11.2. The van der Waals surface area contributed by atoms with Gasteiger partial charge < -0.3 is 4.57 Å². The molecule has 120 valence electrons. The number of hydrogen-bond acceptors (Lipinski definition) is 3. The van der Waals surface area contributed by atoms with E-state index in [1.165, 1.54) is 24.1 Å². The fourth-order valence-corrected chi connectivity index (χ4v) is 3.63. The van der Waals surface area contributed by atoms with Crippen LogP contribution < -0.4 is 0 Å². The van der Waals surface area contributed by atoms with Gasteiger partial charge in [0.05, 0.1) is 23.3 Å². The van der Waals surface area contributed by atoms with Gasteiger partial charge in [0.15, 0.2) is 0 Å². The van der Waals surface area contributed by atoms with Gasteiger partial charge in [-0.3, -0.25) is 10.00 Å². The van der Waals surface area contributed by atoms with Crippen LogP contribution in [0.2, 0.25) is 0 Å². The van der Waals surface area contributed by atoms with Crippen molar-refractivity contribution >= 4 is 11.0 Å². The van der Waals surface area contributed by atoms with E-state index in [9.17, 15) is 0 Å². The van der Waals surface area contributed by atoms with E-state index in [2.05, 4.69) is 64.0 Å². The molecule has 0 amide bonds. The van der Waals surface area contributed by atoms with Crippen LogP contribution in [0.4, 0.5) is 0 Å². The van der Waals surface area contributed by atoms with Crippen LogP contribution in [-0.4, -0.2) is 37.7 Å². The third-order valence-electron chi connectivity index (χ3n) is 4.89. The zero-order valence-electron chi connectivity index (χ0n) is 13.8. The van der Waals surface area contributed by atoms with Crippen LogP contribution in [0, 0.1) is 6.92 Å². The highest BCUT2D eigenvalue weighted by Crippen LogP contribution is 2.27. The Balaban J connectivity index is 1.52. The maximum Gasteiger partial charge on any atom is 0.123 e. The minimum absolute atomic E-state index is 0.531. The normalized spacial score (nSPS) is 19.5. The summed E-state index contributed by atoms with van der Waals surface area (Å²) in [7, 11) is 2.11. The number of benzene rings is 1. The quantitative estimate of drug-likeness (QED) is 0.809. The number of hydrogen-bond donors (Lipinski definition) is 1. The van der Waals surface area contributed by atoms with Crippen molar-refractivity contribution in [1.29, 1.82) is 0 Å². The Morgan fingerprint density at radius 1 is 1.30 bits per heavy atom. The number of aromatic nitrogens is 4. The number of para-hydroxylation sites is 2. The van der Waals surface area contributed by atoms with Gasteiger partial charge in [0.25, 0.3) is 0 Å². The number of imidazole rings is 1. The number of piperidine rings is 1. The summed E-state index contributed by atoms with van der Waals surface area (Å²) in [5.41, 5.74) is 4.64. The zero-order valence-corrected chi connectivity index (χ0v) is 13.8. The summed E-state index contributed by atoms with van der Waals surface area (Å²) in [5.74, 6) is 1.67. The third kappa shape index (κ3) is 2.77. The molecule has 0 unspecified atom stereocenters. The summed E-state index contributed by atoms with van der Waals surface area (Å²) in [5, 5.41) is 7.53. The van der Waals surface area contributed by atoms with Gasteiger partial charge in [0, 0.05) is 25.2 Å². The van der Waals surface area contributed by atoms with Gasteiger partial charge in [-0.25, -0.2) is 4.98 Å². The SMILES string of the molecule is Cc1cc([C@@H]2CCCN(Cc3nc4ccccc4n3C)C2)n[nH]1. The first-order valence-corrected chi connectivity index (χ1v) is 8.35. The average molecular weight is 309 g/mol. The molecule has 23 heavy (non-hydrogen) atoms. The van der Waals surface area contributed by atoms with Gasteiger partial charge in [-0.1, -0.05) is 12.1 Å². The molecule has 5 heteroatoms. The van der Waals surface area contributed by atoms with Gasteiger partial charge >= 0.3 is 0 Å². The van der Waals surface area contributed by atoms with Crippen LogP contribution in [0.1, 0.15) is 36.0 Å². The van der Waals surface area contributed by atoms with Crippen molar-refractivity contribution in [1.82, 2.24) is 24.6 Å². The molecule has 5 nitrogen and oxygen atoms in total. The van der Waals surface area contributed by atoms with E-state index in [0.29, 0.717) is 5.92 Å². The molecule has 0 bridgehead atoms. The average Bonchev–Trinajstić information content (AvgIpc) is 3.13. The lowest BCUT2D eigenvalue weighted by molar-refractivity contribution is 0.193. The summed E-state index contributed by atoms with van der Waals surface area (Å²) in [6, 6.07) is 10.5. The predicted molar refractivity (Wildman–Crippen MR) is 91.3 cm³/mol. The molecule has 1 atom stereocenters. The highest BCUT2D eigenvalue weighted by molar-refractivity contribution is 5.75. The summed E-state index contributed by atoms with van der Waals surface area (Å²) in [4.78, 5) is 7.32. The van der Waals surface area contributed by atoms with E-state index in [0.717, 1.165) is 36.7 Å². The Labute approximate surface area is 136 Å². The second-order valence-electron chi connectivity index (χ2n) is 6.63. The zero-order chi connectivity index (χ0) is 15.8. The molecule has 1 fully saturated rings. The van der Waals surface area contributed by atoms with E-state index < -0.39 is 0 Å². The van der Waals surface area contributed by atoms with Crippen LogP contribution in [-0.2, 0) is 13.6 Å². The molecular formula is C18H23N5. The Morgan fingerprint density at radius 3 is 2.96 bits per heavy atom. The minimum Gasteiger partial charge on any atom is -0.330 e. The van der Waals surface area contributed by atoms with Gasteiger partial charge in [-0.15, -0.1) is 0 Å². The van der Waals surface area contributed by atoms with Crippen molar-refractivity contribution in [2.24, 2.45) is 7.05 Å². The number of H-pyrrole nitrogens is 1. The summed E-state index contributed by atoms with van der Waals surface area (Å²) in [6.07, 6.45) is 2.45. The van der Waals surface area contributed by atoms with Crippen LogP contribution >= 0.6 is 0 Å². The Bertz CT molecular complexity index is 816. The monoisotopic (exact) mass is 309 g/mol. The standard InChI is InChI=1S/C18H23N5/c1-13-10-16(21-20-13)14-6-5-9-23(11-14)12-18-19-15-7-3-4-8-17(15)22(18)2/h3-4,7-8,10,14H,5-6,9,11-12H2,1-2H3,(H,20,21)/t14-/m1/s1. The topological polar surface area (TPSA) is 49.7 Å². The molecule has 1 N–H and O–H groups in total. The number of aromatic amines is 1. The number of rotatable bonds is 3. The number of aryl methyl sites for hydroxylation is 2. The van der Waals surface area contributed by atoms with Crippen molar-refractivity contribution in [3.8, 4) is 0 Å². The van der Waals surface area contributed by atoms with Crippen LogP contribution in [0.15, 0.2) is 30.3 Å².